The van der Waals surface area contributed by atoms with Gasteiger partial charge in [-0.2, -0.15) is 10.2 Å². The number of carbonyl (C=O) groups is 1. The van der Waals surface area contributed by atoms with Gasteiger partial charge in [-0.3, -0.25) is 9.89 Å². The van der Waals surface area contributed by atoms with Gasteiger partial charge >= 0.3 is 0 Å². The van der Waals surface area contributed by atoms with Gasteiger partial charge < -0.3 is 10.4 Å². The van der Waals surface area contributed by atoms with E-state index in [1.165, 1.54) is 0 Å². The van der Waals surface area contributed by atoms with Gasteiger partial charge in [0, 0.05) is 7.05 Å². The Morgan fingerprint density at radius 2 is 2.16 bits per heavy atom. The van der Waals surface area contributed by atoms with Crippen molar-refractivity contribution in [3.05, 3.63) is 5.69 Å². The van der Waals surface area contributed by atoms with Gasteiger partial charge in [0.2, 0.25) is 0 Å². The Bertz CT molecular complexity index is 636. The first-order chi connectivity index (χ1) is 9.01. The molecule has 0 saturated heterocycles. The van der Waals surface area contributed by atoms with Gasteiger partial charge in [-0.25, -0.2) is 4.68 Å². The summed E-state index contributed by atoms with van der Waals surface area (Å²) >= 11 is 0. The van der Waals surface area contributed by atoms with Crippen molar-refractivity contribution in [2.24, 2.45) is 7.05 Å². The van der Waals surface area contributed by atoms with Gasteiger partial charge in [0.05, 0.1) is 11.1 Å². The van der Waals surface area contributed by atoms with E-state index < -0.39 is 5.60 Å². The average Bonchev–Trinajstić information content (AvgIpc) is 3.01. The highest BCUT2D eigenvalue weighted by atomic mass is 16.3. The van der Waals surface area contributed by atoms with Crippen LogP contribution in [0, 0.1) is 6.92 Å². The highest BCUT2D eigenvalue weighted by Crippen LogP contribution is 2.31. The molecule has 3 N–H and O–H groups in total. The van der Waals surface area contributed by atoms with Crippen molar-refractivity contribution in [2.45, 2.75) is 38.2 Å². The maximum atomic E-state index is 12.2. The summed E-state index contributed by atoms with van der Waals surface area (Å²) in [5.41, 5.74) is 0.235. The molecule has 1 aliphatic rings. The zero-order valence-electron chi connectivity index (χ0n) is 11.0. The number of aromatic amines is 1. The Morgan fingerprint density at radius 3 is 2.84 bits per heavy atom. The van der Waals surface area contributed by atoms with E-state index in [0.29, 0.717) is 24.3 Å². The molecule has 102 valence electrons. The summed E-state index contributed by atoms with van der Waals surface area (Å²) in [6.07, 6.45) is 2.80. The summed E-state index contributed by atoms with van der Waals surface area (Å²) in [5, 5.41) is 24.9. The van der Waals surface area contributed by atoms with Gasteiger partial charge in [0.15, 0.2) is 5.65 Å². The number of hydrogen-bond donors (Lipinski definition) is 3. The third-order valence-corrected chi connectivity index (χ3v) is 3.81. The van der Waals surface area contributed by atoms with E-state index in [-0.39, 0.29) is 5.91 Å². The molecule has 2 heterocycles. The van der Waals surface area contributed by atoms with Crippen LogP contribution in [0.1, 0.15) is 31.4 Å². The molecule has 2 aromatic heterocycles. The number of aromatic nitrogens is 4. The number of amides is 1. The quantitative estimate of drug-likeness (QED) is 0.748. The van der Waals surface area contributed by atoms with E-state index in [9.17, 15) is 9.90 Å². The molecule has 7 heteroatoms. The molecule has 7 nitrogen and oxygen atoms in total. The molecule has 2 aromatic rings. The zero-order chi connectivity index (χ0) is 13.6. The van der Waals surface area contributed by atoms with Crippen LogP contribution in [-0.4, -0.2) is 36.6 Å². The van der Waals surface area contributed by atoms with Gasteiger partial charge in [0.1, 0.15) is 11.4 Å². The minimum absolute atomic E-state index is 0.362. The summed E-state index contributed by atoms with van der Waals surface area (Å²) in [7, 11) is 1.80. The second kappa shape index (κ2) is 4.06. The summed E-state index contributed by atoms with van der Waals surface area (Å²) in [4.78, 5) is 12.2. The number of anilines is 1. The highest BCUT2D eigenvalue weighted by Gasteiger charge is 2.39. The van der Waals surface area contributed by atoms with Gasteiger partial charge in [-0.05, 0) is 32.6 Å². The summed E-state index contributed by atoms with van der Waals surface area (Å²) < 4.78 is 1.65. The number of H-pyrrole nitrogens is 1. The molecule has 0 unspecified atom stereocenters. The first-order valence-electron chi connectivity index (χ1n) is 6.43. The minimum atomic E-state index is -1.24. The number of nitrogens with one attached hydrogen (secondary N) is 2. The fraction of sp³-hybridized carbons (Fsp3) is 0.583. The van der Waals surface area contributed by atoms with Crippen LogP contribution in [0.2, 0.25) is 0 Å². The maximum absolute atomic E-state index is 12.2. The fourth-order valence-corrected chi connectivity index (χ4v) is 2.74. The van der Waals surface area contributed by atoms with Gasteiger partial charge in [-0.1, -0.05) is 0 Å². The van der Waals surface area contributed by atoms with E-state index in [2.05, 4.69) is 20.6 Å². The smallest absolute Gasteiger partial charge is 0.257 e. The van der Waals surface area contributed by atoms with Crippen LogP contribution >= 0.6 is 0 Å². The SMILES string of the molecule is Cc1nn(C)c2n[nH]c(NC(=O)C3(O)CCCC3)c12. The molecule has 1 aliphatic carbocycles. The van der Waals surface area contributed by atoms with Gasteiger partial charge in [-0.15, -0.1) is 0 Å². The molecule has 1 amide bonds. The number of aryl methyl sites for hydroxylation is 2. The lowest BCUT2D eigenvalue weighted by Gasteiger charge is -2.20. The van der Waals surface area contributed by atoms with Crippen LogP contribution in [0.4, 0.5) is 5.82 Å². The van der Waals surface area contributed by atoms with Crippen molar-refractivity contribution in [3.63, 3.8) is 0 Å². The molecule has 0 radical (unpaired) electrons. The lowest BCUT2D eigenvalue weighted by atomic mass is 10.0. The second-order valence-corrected chi connectivity index (χ2v) is 5.20. The predicted octanol–water partition coefficient (Wildman–Crippen LogP) is 0.848. The van der Waals surface area contributed by atoms with Crippen molar-refractivity contribution < 1.29 is 9.90 Å². The van der Waals surface area contributed by atoms with E-state index >= 15 is 0 Å². The second-order valence-electron chi connectivity index (χ2n) is 5.20. The first kappa shape index (κ1) is 12.2. The third-order valence-electron chi connectivity index (χ3n) is 3.81. The number of nitrogens with zero attached hydrogens (tertiary/aromatic N) is 3. The van der Waals surface area contributed by atoms with Crippen molar-refractivity contribution in [3.8, 4) is 0 Å². The molecule has 19 heavy (non-hydrogen) atoms. The number of rotatable bonds is 2. The summed E-state index contributed by atoms with van der Waals surface area (Å²) in [6.45, 7) is 1.86. The molecule has 0 aliphatic heterocycles. The molecule has 3 rings (SSSR count). The van der Waals surface area contributed by atoms with Crippen molar-refractivity contribution in [1.82, 2.24) is 20.0 Å². The number of carbonyl (C=O) groups excluding carboxylic acids is 1. The molecule has 0 bridgehead atoms. The molecule has 1 saturated carbocycles. The predicted molar refractivity (Wildman–Crippen MR) is 69.6 cm³/mol. The van der Waals surface area contributed by atoms with Crippen LogP contribution in [0.5, 0.6) is 0 Å². The molecule has 0 atom stereocenters. The Hall–Kier alpha value is -1.89. The number of hydrogen-bond acceptors (Lipinski definition) is 4. The Labute approximate surface area is 110 Å². The minimum Gasteiger partial charge on any atom is -0.380 e. The Balaban J connectivity index is 1.91. The van der Waals surface area contributed by atoms with E-state index in [4.69, 9.17) is 0 Å². The first-order valence-corrected chi connectivity index (χ1v) is 6.43. The molecule has 1 fully saturated rings. The molecule has 0 spiro atoms. The fourth-order valence-electron chi connectivity index (χ4n) is 2.74. The van der Waals surface area contributed by atoms with Crippen LogP contribution in [-0.2, 0) is 11.8 Å². The van der Waals surface area contributed by atoms with Crippen molar-refractivity contribution in [1.29, 1.82) is 0 Å². The monoisotopic (exact) mass is 263 g/mol. The Morgan fingerprint density at radius 1 is 1.47 bits per heavy atom. The standard InChI is InChI=1S/C12H17N5O2/c1-7-8-9(14-15-10(8)17(2)16-7)13-11(18)12(19)5-3-4-6-12/h19H,3-6H2,1-2H3,(H2,13,14,15,18). The van der Waals surface area contributed by atoms with Crippen molar-refractivity contribution >= 4 is 22.8 Å². The molecular formula is C12H17N5O2. The molecule has 0 aromatic carbocycles. The van der Waals surface area contributed by atoms with E-state index in [0.717, 1.165) is 23.9 Å². The van der Waals surface area contributed by atoms with Crippen LogP contribution in [0.3, 0.4) is 0 Å². The van der Waals surface area contributed by atoms with E-state index in [1.54, 1.807) is 11.7 Å². The summed E-state index contributed by atoms with van der Waals surface area (Å²) in [5.74, 6) is 0.143. The normalized spacial score (nSPS) is 18.1. The van der Waals surface area contributed by atoms with Crippen molar-refractivity contribution in [2.75, 3.05) is 5.32 Å². The average molecular weight is 263 g/mol. The Kier molecular flexibility index (Phi) is 2.60. The van der Waals surface area contributed by atoms with Gasteiger partial charge in [0.25, 0.3) is 5.91 Å². The largest absolute Gasteiger partial charge is 0.380 e. The topological polar surface area (TPSA) is 95.8 Å². The highest BCUT2D eigenvalue weighted by molar-refractivity contribution is 6.03. The zero-order valence-corrected chi connectivity index (χ0v) is 11.0. The molecular weight excluding hydrogens is 246 g/mol. The third kappa shape index (κ3) is 1.81. The van der Waals surface area contributed by atoms with Crippen LogP contribution in [0.25, 0.3) is 11.0 Å². The number of fused-ring (bicyclic) bond motifs is 1. The van der Waals surface area contributed by atoms with E-state index in [1.807, 2.05) is 6.92 Å². The van der Waals surface area contributed by atoms with Crippen LogP contribution < -0.4 is 5.32 Å². The lowest BCUT2D eigenvalue weighted by Crippen LogP contribution is -2.40. The summed E-state index contributed by atoms with van der Waals surface area (Å²) in [6, 6.07) is 0. The lowest BCUT2D eigenvalue weighted by molar-refractivity contribution is -0.133. The maximum Gasteiger partial charge on any atom is 0.257 e. The van der Waals surface area contributed by atoms with Crippen LogP contribution in [0.15, 0.2) is 0 Å². The number of aliphatic hydroxyl groups is 1.